The average molecular weight is 164 g/mol. The van der Waals surface area contributed by atoms with Gasteiger partial charge in [0.05, 0.1) is 0 Å². The van der Waals surface area contributed by atoms with Gasteiger partial charge in [0.2, 0.25) is 0 Å². The van der Waals surface area contributed by atoms with Gasteiger partial charge in [0.25, 0.3) is 0 Å². The van der Waals surface area contributed by atoms with Crippen molar-refractivity contribution in [2.75, 3.05) is 0 Å². The molecule has 2 heteroatoms. The van der Waals surface area contributed by atoms with Gasteiger partial charge in [-0.1, -0.05) is 12.7 Å². The van der Waals surface area contributed by atoms with E-state index in [-0.39, 0.29) is 16.5 Å². The summed E-state index contributed by atoms with van der Waals surface area (Å²) < 4.78 is 0. The number of nitrogens with zero attached hydrogens (tertiary/aromatic N) is 1. The van der Waals surface area contributed by atoms with E-state index >= 15 is 0 Å². The minimum absolute atomic E-state index is 0. The van der Waals surface area contributed by atoms with Crippen molar-refractivity contribution in [3.8, 4) is 0 Å². The summed E-state index contributed by atoms with van der Waals surface area (Å²) >= 11 is 0. The van der Waals surface area contributed by atoms with Crippen LogP contribution in [0.2, 0.25) is 0 Å². The second-order valence-electron chi connectivity index (χ2n) is 1.48. The average Bonchev–Trinajstić information content (AvgIpc) is 1.90. The van der Waals surface area contributed by atoms with Crippen LogP contribution in [0.4, 0.5) is 0 Å². The minimum atomic E-state index is 0. The van der Waals surface area contributed by atoms with Gasteiger partial charge in [-0.15, -0.1) is 0 Å². The predicted molar refractivity (Wildman–Crippen MR) is 34.3 cm³/mol. The van der Waals surface area contributed by atoms with E-state index in [0.717, 1.165) is 5.56 Å². The van der Waals surface area contributed by atoms with Crippen LogP contribution in [0.15, 0.2) is 31.1 Å². The molecule has 0 radical (unpaired) electrons. The Balaban J connectivity index is 0.000000640. The summed E-state index contributed by atoms with van der Waals surface area (Å²) in [6.45, 7) is 3.60. The zero-order valence-corrected chi connectivity index (χ0v) is 5.84. The van der Waals surface area contributed by atoms with Crippen molar-refractivity contribution >= 4 is 6.08 Å². The Morgan fingerprint density at radius 2 is 1.89 bits per heavy atom. The molecule has 0 atom stereocenters. The molecule has 0 aliphatic carbocycles. The Bertz CT molecular complexity index is 172. The van der Waals surface area contributed by atoms with E-state index in [1.807, 2.05) is 12.1 Å². The summed E-state index contributed by atoms with van der Waals surface area (Å²) in [4.78, 5) is 3.85. The molecule has 0 N–H and O–H groups in total. The molecule has 0 aliphatic rings. The van der Waals surface area contributed by atoms with Crippen LogP contribution in [0, 0.1) is 0 Å². The first-order chi connectivity index (χ1) is 3.93. The van der Waals surface area contributed by atoms with Gasteiger partial charge in [0.1, 0.15) is 0 Å². The number of hydrogen-bond acceptors (Lipinski definition) is 1. The van der Waals surface area contributed by atoms with Crippen LogP contribution in [0.1, 0.15) is 5.56 Å². The topological polar surface area (TPSA) is 12.9 Å². The molecule has 1 aromatic heterocycles. The van der Waals surface area contributed by atoms with E-state index in [1.165, 1.54) is 0 Å². The van der Waals surface area contributed by atoms with Crippen molar-refractivity contribution < 1.29 is 16.5 Å². The molecule has 0 saturated carbocycles. The molecule has 50 valence electrons. The van der Waals surface area contributed by atoms with E-state index in [0.29, 0.717) is 0 Å². The van der Waals surface area contributed by atoms with Crippen LogP contribution in [0.3, 0.4) is 0 Å². The molecule has 0 saturated heterocycles. The number of pyridine rings is 1. The normalized spacial score (nSPS) is 7.56. The number of aromatic nitrogens is 1. The first-order valence-electron chi connectivity index (χ1n) is 2.46. The molecule has 0 bridgehead atoms. The SMILES string of the molecule is C=Cc1ccncc1.[Ni]. The summed E-state index contributed by atoms with van der Waals surface area (Å²) in [6, 6.07) is 3.82. The second-order valence-corrected chi connectivity index (χ2v) is 1.48. The van der Waals surface area contributed by atoms with Gasteiger partial charge in [0.15, 0.2) is 0 Å². The van der Waals surface area contributed by atoms with Gasteiger partial charge in [-0.3, -0.25) is 4.98 Å². The van der Waals surface area contributed by atoms with Gasteiger partial charge < -0.3 is 0 Å². The number of rotatable bonds is 1. The Kier molecular flexibility index (Phi) is 3.99. The van der Waals surface area contributed by atoms with Gasteiger partial charge >= 0.3 is 0 Å². The van der Waals surface area contributed by atoms with Crippen molar-refractivity contribution in [3.63, 3.8) is 0 Å². The van der Waals surface area contributed by atoms with Crippen LogP contribution >= 0.6 is 0 Å². The summed E-state index contributed by atoms with van der Waals surface area (Å²) in [7, 11) is 0. The predicted octanol–water partition coefficient (Wildman–Crippen LogP) is 1.72. The maximum atomic E-state index is 3.85. The quantitative estimate of drug-likeness (QED) is 0.575. The molecule has 0 spiro atoms. The molecule has 0 unspecified atom stereocenters. The van der Waals surface area contributed by atoms with E-state index in [2.05, 4.69) is 11.6 Å². The molecule has 1 nitrogen and oxygen atoms in total. The summed E-state index contributed by atoms with van der Waals surface area (Å²) in [5.41, 5.74) is 1.11. The van der Waals surface area contributed by atoms with Crippen LogP contribution in [-0.2, 0) is 16.5 Å². The molecular weight excluding hydrogens is 157 g/mol. The Morgan fingerprint density at radius 3 is 2.22 bits per heavy atom. The molecule has 1 heterocycles. The fourth-order valence-corrected chi connectivity index (χ4v) is 0.500. The summed E-state index contributed by atoms with van der Waals surface area (Å²) in [5.74, 6) is 0. The Hall–Kier alpha value is -0.616. The maximum Gasteiger partial charge on any atom is 0.0273 e. The van der Waals surface area contributed by atoms with Gasteiger partial charge in [-0.05, 0) is 17.7 Å². The van der Waals surface area contributed by atoms with E-state index < -0.39 is 0 Å². The molecule has 0 fully saturated rings. The largest absolute Gasteiger partial charge is 0.265 e. The van der Waals surface area contributed by atoms with Gasteiger partial charge in [-0.2, -0.15) is 0 Å². The molecule has 0 aliphatic heterocycles. The van der Waals surface area contributed by atoms with E-state index in [4.69, 9.17) is 0 Å². The zero-order chi connectivity index (χ0) is 5.82. The Labute approximate surface area is 64.7 Å². The fraction of sp³-hybridized carbons (Fsp3) is 0. The van der Waals surface area contributed by atoms with Crippen LogP contribution in [-0.4, -0.2) is 4.98 Å². The molecule has 0 aromatic carbocycles. The molecule has 1 rings (SSSR count). The van der Waals surface area contributed by atoms with Crippen molar-refractivity contribution in [3.05, 3.63) is 36.7 Å². The second kappa shape index (κ2) is 4.28. The molecule has 0 amide bonds. The summed E-state index contributed by atoms with van der Waals surface area (Å²) in [5, 5.41) is 0. The van der Waals surface area contributed by atoms with Crippen molar-refractivity contribution in [2.24, 2.45) is 0 Å². The standard InChI is InChI=1S/C7H7N.Ni/c1-2-7-3-5-8-6-4-7;/h2-6H,1H2;. The first-order valence-corrected chi connectivity index (χ1v) is 2.46. The van der Waals surface area contributed by atoms with Crippen LogP contribution < -0.4 is 0 Å². The van der Waals surface area contributed by atoms with Gasteiger partial charge in [0, 0.05) is 28.9 Å². The van der Waals surface area contributed by atoms with Crippen molar-refractivity contribution in [1.29, 1.82) is 0 Å². The van der Waals surface area contributed by atoms with Crippen LogP contribution in [0.5, 0.6) is 0 Å². The third-order valence-electron chi connectivity index (χ3n) is 0.942. The van der Waals surface area contributed by atoms with Crippen molar-refractivity contribution in [2.45, 2.75) is 0 Å². The summed E-state index contributed by atoms with van der Waals surface area (Å²) in [6.07, 6.45) is 5.29. The van der Waals surface area contributed by atoms with E-state index in [1.54, 1.807) is 18.5 Å². The third-order valence-corrected chi connectivity index (χ3v) is 0.942. The Morgan fingerprint density at radius 1 is 1.33 bits per heavy atom. The van der Waals surface area contributed by atoms with Crippen LogP contribution in [0.25, 0.3) is 6.08 Å². The van der Waals surface area contributed by atoms with Crippen molar-refractivity contribution in [1.82, 2.24) is 4.98 Å². The minimum Gasteiger partial charge on any atom is -0.265 e. The molecule has 1 aromatic rings. The number of hydrogen-bond donors (Lipinski definition) is 0. The van der Waals surface area contributed by atoms with E-state index in [9.17, 15) is 0 Å². The first kappa shape index (κ1) is 8.38. The maximum absolute atomic E-state index is 3.85. The fourth-order valence-electron chi connectivity index (χ4n) is 0.500. The zero-order valence-electron chi connectivity index (χ0n) is 4.86. The molecule has 9 heavy (non-hydrogen) atoms. The smallest absolute Gasteiger partial charge is 0.0273 e. The molecular formula is C7H7NNi. The monoisotopic (exact) mass is 163 g/mol. The van der Waals surface area contributed by atoms with Gasteiger partial charge in [-0.25, -0.2) is 0 Å². The third kappa shape index (κ3) is 2.43.